The second-order valence-corrected chi connectivity index (χ2v) is 15.9. The van der Waals surface area contributed by atoms with Gasteiger partial charge in [0.25, 0.3) is 10.1 Å². The van der Waals surface area contributed by atoms with Crippen LogP contribution in [0.15, 0.2) is 150 Å². The van der Waals surface area contributed by atoms with Crippen molar-refractivity contribution >= 4 is 53.1 Å². The van der Waals surface area contributed by atoms with Gasteiger partial charge in [-0.2, -0.15) is 8.42 Å². The predicted octanol–water partition coefficient (Wildman–Crippen LogP) is 6.11. The quantitative estimate of drug-likeness (QED) is 0.103. The molecular formula is C35H32O5P2S. The van der Waals surface area contributed by atoms with Crippen LogP contribution < -0.4 is 21.2 Å². The Balaban J connectivity index is 1.50. The Labute approximate surface area is 255 Å². The van der Waals surface area contributed by atoms with E-state index in [0.717, 1.165) is 16.8 Å². The van der Waals surface area contributed by atoms with Gasteiger partial charge < -0.3 is 4.74 Å². The molecule has 1 atom stereocenters. The molecule has 0 saturated heterocycles. The first-order valence-electron chi connectivity index (χ1n) is 13.9. The van der Waals surface area contributed by atoms with Crippen molar-refractivity contribution in [3.05, 3.63) is 151 Å². The number of carbonyl (C=O) groups is 1. The molecule has 0 amide bonds. The number of ether oxygens (including phenoxy) is 1. The lowest BCUT2D eigenvalue weighted by Gasteiger charge is -2.27. The van der Waals surface area contributed by atoms with Gasteiger partial charge in [0.2, 0.25) is 0 Å². The van der Waals surface area contributed by atoms with Crippen molar-refractivity contribution in [2.45, 2.75) is 17.4 Å². The van der Waals surface area contributed by atoms with Crippen LogP contribution in [0.3, 0.4) is 0 Å². The molecular weight excluding hydrogens is 594 g/mol. The van der Waals surface area contributed by atoms with E-state index in [1.807, 2.05) is 72.8 Å². The lowest BCUT2D eigenvalue weighted by Crippen LogP contribution is -2.28. The molecule has 218 valence electrons. The lowest BCUT2D eigenvalue weighted by atomic mass is 10.2. The van der Waals surface area contributed by atoms with Crippen LogP contribution in [0.5, 0.6) is 0 Å². The van der Waals surface area contributed by atoms with E-state index in [1.165, 1.54) is 28.8 Å². The van der Waals surface area contributed by atoms with Gasteiger partial charge in [0, 0.05) is 6.16 Å². The molecule has 8 heteroatoms. The van der Waals surface area contributed by atoms with Crippen molar-refractivity contribution in [2.75, 3.05) is 12.3 Å². The number of carbonyl (C=O) groups excluding carboxylic acids is 1. The monoisotopic (exact) mass is 626 g/mol. The minimum atomic E-state index is -4.61. The molecule has 0 fully saturated rings. The molecule has 0 radical (unpaired) electrons. The summed E-state index contributed by atoms with van der Waals surface area (Å²) in [5.41, 5.74) is -0.174. The Morgan fingerprint density at radius 1 is 0.605 bits per heavy atom. The second-order valence-electron chi connectivity index (χ2n) is 9.89. The van der Waals surface area contributed by atoms with Crippen LogP contribution in [-0.2, 0) is 14.9 Å². The van der Waals surface area contributed by atoms with Crippen molar-refractivity contribution in [3.8, 4) is 0 Å². The third-order valence-corrected chi connectivity index (χ3v) is 13.1. The number of hydrogen-bond acceptors (Lipinski definition) is 4. The van der Waals surface area contributed by atoms with Crippen LogP contribution >= 0.6 is 15.8 Å². The maximum atomic E-state index is 13.6. The molecule has 0 aliphatic heterocycles. The molecule has 43 heavy (non-hydrogen) atoms. The van der Waals surface area contributed by atoms with Gasteiger partial charge in [0.15, 0.2) is 0 Å². The third kappa shape index (κ3) is 8.25. The topological polar surface area (TPSA) is 80.7 Å². The average molecular weight is 627 g/mol. The highest BCUT2D eigenvalue weighted by Gasteiger charge is 2.28. The van der Waals surface area contributed by atoms with E-state index in [1.54, 1.807) is 6.07 Å². The van der Waals surface area contributed by atoms with Crippen LogP contribution in [0, 0.1) is 0 Å². The van der Waals surface area contributed by atoms with Gasteiger partial charge in [-0.05, 0) is 61.8 Å². The van der Waals surface area contributed by atoms with Crippen LogP contribution in [-0.4, -0.2) is 37.4 Å². The largest absolute Gasteiger partial charge is 0.458 e. The van der Waals surface area contributed by atoms with E-state index in [9.17, 15) is 17.8 Å². The summed E-state index contributed by atoms with van der Waals surface area (Å²) >= 11 is 0. The summed E-state index contributed by atoms with van der Waals surface area (Å²) < 4.78 is 40.1. The number of hydrogen-bond donors (Lipinski definition) is 1. The molecule has 0 unspecified atom stereocenters. The van der Waals surface area contributed by atoms with Crippen molar-refractivity contribution in [2.24, 2.45) is 0 Å². The Kier molecular flexibility index (Phi) is 10.5. The number of benzene rings is 5. The fourth-order valence-corrected chi connectivity index (χ4v) is 10.5. The number of esters is 1. The molecule has 5 aromatic rings. The van der Waals surface area contributed by atoms with Crippen LogP contribution in [0.25, 0.3) is 0 Å². The van der Waals surface area contributed by atoms with E-state index >= 15 is 0 Å². The van der Waals surface area contributed by atoms with Crippen molar-refractivity contribution < 1.29 is 22.5 Å². The van der Waals surface area contributed by atoms with E-state index in [0.29, 0.717) is 12.6 Å². The fraction of sp³-hybridized carbons (Fsp3) is 0.114. The van der Waals surface area contributed by atoms with Gasteiger partial charge in [0.05, 0.1) is 5.56 Å². The molecule has 0 bridgehead atoms. The molecule has 0 aliphatic carbocycles. The average Bonchev–Trinajstić information content (AvgIpc) is 3.05. The van der Waals surface area contributed by atoms with Crippen LogP contribution in [0.2, 0.25) is 0 Å². The summed E-state index contributed by atoms with van der Waals surface area (Å²) in [6, 6.07) is 46.8. The van der Waals surface area contributed by atoms with Crippen LogP contribution in [0.4, 0.5) is 0 Å². The van der Waals surface area contributed by atoms with E-state index in [-0.39, 0.29) is 5.56 Å². The fourth-order valence-electron chi connectivity index (χ4n) is 4.94. The summed E-state index contributed by atoms with van der Waals surface area (Å²) in [5, 5.41) is 4.80. The smallest absolute Gasteiger partial charge is 0.339 e. The van der Waals surface area contributed by atoms with E-state index < -0.39 is 42.9 Å². The predicted molar refractivity (Wildman–Crippen MR) is 178 cm³/mol. The minimum absolute atomic E-state index is 0.174. The molecule has 5 nitrogen and oxygen atoms in total. The molecule has 0 aliphatic rings. The van der Waals surface area contributed by atoms with E-state index in [4.69, 9.17) is 4.74 Å². The zero-order chi connectivity index (χ0) is 30.1. The van der Waals surface area contributed by atoms with E-state index in [2.05, 4.69) is 48.5 Å². The second kappa shape index (κ2) is 14.7. The standard InChI is InChI=1S/C35H32O5P2S/c36-35(33-23-13-14-24-34(33)43(37,38)39)40-28(27-42(31-19-9-3-10-20-31)32-21-11-4-12-22-32)25-26-41(29-15-5-1-6-16-29)30-17-7-2-8-18-30/h1-24,28H,25-27H2,(H,37,38,39)/t28-/m0/s1. The van der Waals surface area contributed by atoms with Gasteiger partial charge in [-0.25, -0.2) is 4.79 Å². The summed E-state index contributed by atoms with van der Waals surface area (Å²) in [4.78, 5) is 13.1. The van der Waals surface area contributed by atoms with Gasteiger partial charge >= 0.3 is 5.97 Å². The Hall–Kier alpha value is -3.66. The molecule has 0 aromatic heterocycles. The molecule has 0 saturated carbocycles. The number of rotatable bonds is 12. The molecule has 5 rings (SSSR count). The van der Waals surface area contributed by atoms with Crippen molar-refractivity contribution in [3.63, 3.8) is 0 Å². The highest BCUT2D eigenvalue weighted by molar-refractivity contribution is 7.86. The molecule has 5 aromatic carbocycles. The first kappa shape index (κ1) is 30.8. The third-order valence-electron chi connectivity index (χ3n) is 6.99. The van der Waals surface area contributed by atoms with Gasteiger partial charge in [-0.3, -0.25) is 4.55 Å². The zero-order valence-electron chi connectivity index (χ0n) is 23.4. The van der Waals surface area contributed by atoms with Crippen molar-refractivity contribution in [1.29, 1.82) is 0 Å². The molecule has 0 heterocycles. The highest BCUT2D eigenvalue weighted by atomic mass is 32.2. The van der Waals surface area contributed by atoms with Gasteiger partial charge in [-0.15, -0.1) is 0 Å². The normalized spacial score (nSPS) is 12.3. The van der Waals surface area contributed by atoms with Gasteiger partial charge in [0.1, 0.15) is 11.0 Å². The lowest BCUT2D eigenvalue weighted by molar-refractivity contribution is 0.0339. The Morgan fingerprint density at radius 3 is 1.44 bits per heavy atom. The Morgan fingerprint density at radius 2 is 1.00 bits per heavy atom. The summed E-state index contributed by atoms with van der Waals surface area (Å²) in [6.45, 7) is 0. The summed E-state index contributed by atoms with van der Waals surface area (Å²) in [6.07, 6.45) is 1.41. The Bertz CT molecular complexity index is 1640. The van der Waals surface area contributed by atoms with Crippen molar-refractivity contribution in [1.82, 2.24) is 0 Å². The maximum Gasteiger partial charge on any atom is 0.339 e. The first-order chi connectivity index (χ1) is 20.9. The zero-order valence-corrected chi connectivity index (χ0v) is 26.0. The molecule has 1 N–H and O–H groups in total. The SMILES string of the molecule is O=C(O[C@@H](CCP(c1ccccc1)c1ccccc1)CP(c1ccccc1)c1ccccc1)c1ccccc1S(=O)(=O)O. The van der Waals surface area contributed by atoms with Gasteiger partial charge in [-0.1, -0.05) is 133 Å². The summed E-state index contributed by atoms with van der Waals surface area (Å²) in [5.74, 6) is -0.766. The minimum Gasteiger partial charge on any atom is -0.458 e. The highest BCUT2D eigenvalue weighted by Crippen LogP contribution is 2.39. The van der Waals surface area contributed by atoms with Crippen LogP contribution in [0.1, 0.15) is 16.8 Å². The summed E-state index contributed by atoms with van der Waals surface area (Å²) in [7, 11) is -6.25. The maximum absolute atomic E-state index is 13.6. The first-order valence-corrected chi connectivity index (χ1v) is 18.4. The molecule has 0 spiro atoms.